The lowest BCUT2D eigenvalue weighted by atomic mass is 9.93. The molecule has 166 valence electrons. The van der Waals surface area contributed by atoms with Gasteiger partial charge in [-0.1, -0.05) is 11.6 Å². The molecular weight excluding hydrogens is 427 g/mol. The summed E-state index contributed by atoms with van der Waals surface area (Å²) < 4.78 is 13.5. The lowest BCUT2D eigenvalue weighted by molar-refractivity contribution is -0.134. The molecule has 3 aliphatic heterocycles. The Balaban J connectivity index is 1.39. The monoisotopic (exact) mass is 450 g/mol. The van der Waals surface area contributed by atoms with Gasteiger partial charge in [0.05, 0.1) is 10.7 Å². The Bertz CT molecular complexity index is 934. The second-order valence-electron chi connectivity index (χ2n) is 8.27. The van der Waals surface area contributed by atoms with E-state index >= 15 is 0 Å². The lowest BCUT2D eigenvalue weighted by Crippen LogP contribution is -2.51. The van der Waals surface area contributed by atoms with Crippen LogP contribution in [0.5, 0.6) is 0 Å². The van der Waals surface area contributed by atoms with Crippen LogP contribution < -0.4 is 10.2 Å². The molecule has 0 bridgehead atoms. The van der Waals surface area contributed by atoms with Crippen LogP contribution in [0.2, 0.25) is 5.02 Å². The quantitative estimate of drug-likeness (QED) is 0.714. The van der Waals surface area contributed by atoms with E-state index in [0.717, 1.165) is 11.0 Å². The van der Waals surface area contributed by atoms with E-state index in [1.165, 1.54) is 24.0 Å². The maximum atomic E-state index is 13.5. The molecule has 3 saturated heterocycles. The van der Waals surface area contributed by atoms with Gasteiger partial charge in [-0.15, -0.1) is 0 Å². The van der Waals surface area contributed by atoms with Gasteiger partial charge >= 0.3 is 6.03 Å². The Morgan fingerprint density at radius 1 is 1.13 bits per heavy atom. The molecule has 3 heterocycles. The van der Waals surface area contributed by atoms with Crippen LogP contribution in [0.1, 0.15) is 32.6 Å². The van der Waals surface area contributed by atoms with Crippen molar-refractivity contribution in [2.75, 3.05) is 24.5 Å². The van der Waals surface area contributed by atoms with Crippen LogP contribution in [0.3, 0.4) is 0 Å². The highest BCUT2D eigenvalue weighted by Gasteiger charge is 2.49. The minimum absolute atomic E-state index is 0.0163. The highest BCUT2D eigenvalue weighted by Crippen LogP contribution is 2.33. The second kappa shape index (κ2) is 8.45. The minimum Gasteiger partial charge on any atom is -0.353 e. The number of carbonyl (C=O) groups excluding carboxylic acids is 4. The zero-order chi connectivity index (χ0) is 22.3. The Morgan fingerprint density at radius 3 is 2.48 bits per heavy atom. The van der Waals surface area contributed by atoms with Gasteiger partial charge in [0.1, 0.15) is 11.9 Å². The first-order valence-corrected chi connectivity index (χ1v) is 10.8. The highest BCUT2D eigenvalue weighted by molar-refractivity contribution is 6.31. The van der Waals surface area contributed by atoms with Gasteiger partial charge < -0.3 is 15.1 Å². The number of carbonyl (C=O) groups is 4. The number of piperidine rings is 2. The average molecular weight is 451 g/mol. The Morgan fingerprint density at radius 2 is 1.84 bits per heavy atom. The number of hydrogen-bond donors (Lipinski definition) is 1. The van der Waals surface area contributed by atoms with E-state index in [1.54, 1.807) is 4.90 Å². The number of hydrogen-bond acceptors (Lipinski definition) is 4. The van der Waals surface area contributed by atoms with Crippen LogP contribution in [0, 0.1) is 11.7 Å². The molecule has 1 N–H and O–H groups in total. The van der Waals surface area contributed by atoms with Gasteiger partial charge in [0, 0.05) is 38.5 Å². The number of amides is 5. The van der Waals surface area contributed by atoms with Crippen molar-refractivity contribution in [1.82, 2.24) is 15.1 Å². The number of urea groups is 1. The third-order valence-corrected chi connectivity index (χ3v) is 6.65. The fourth-order valence-corrected chi connectivity index (χ4v) is 4.74. The van der Waals surface area contributed by atoms with Crippen LogP contribution in [0.25, 0.3) is 0 Å². The molecule has 10 heteroatoms. The topological polar surface area (TPSA) is 90.0 Å². The number of anilines is 1. The van der Waals surface area contributed by atoms with Crippen molar-refractivity contribution in [3.8, 4) is 0 Å². The second-order valence-corrected chi connectivity index (χ2v) is 8.68. The van der Waals surface area contributed by atoms with Crippen molar-refractivity contribution in [1.29, 1.82) is 0 Å². The molecule has 5 amide bonds. The van der Waals surface area contributed by atoms with Crippen molar-refractivity contribution < 1.29 is 23.6 Å². The van der Waals surface area contributed by atoms with E-state index in [-0.39, 0.29) is 34.5 Å². The van der Waals surface area contributed by atoms with Gasteiger partial charge in [0.25, 0.3) is 5.91 Å². The van der Waals surface area contributed by atoms with Crippen LogP contribution in [-0.2, 0) is 14.4 Å². The van der Waals surface area contributed by atoms with Gasteiger partial charge in [-0.2, -0.15) is 0 Å². The fourth-order valence-electron chi connectivity index (χ4n) is 4.57. The third-order valence-electron chi connectivity index (χ3n) is 6.36. The van der Waals surface area contributed by atoms with Crippen LogP contribution in [0.15, 0.2) is 18.2 Å². The van der Waals surface area contributed by atoms with Crippen molar-refractivity contribution in [2.45, 2.75) is 44.7 Å². The number of likely N-dealkylation sites (tertiary alicyclic amines) is 1. The molecule has 31 heavy (non-hydrogen) atoms. The molecule has 0 spiro atoms. The summed E-state index contributed by atoms with van der Waals surface area (Å²) in [4.78, 5) is 54.1. The molecule has 2 atom stereocenters. The molecule has 0 aliphatic carbocycles. The van der Waals surface area contributed by atoms with Crippen LogP contribution in [-0.4, -0.2) is 65.3 Å². The lowest BCUT2D eigenvalue weighted by Gasteiger charge is -2.35. The Labute approximate surface area is 184 Å². The Hall–Kier alpha value is -2.68. The summed E-state index contributed by atoms with van der Waals surface area (Å²) in [5, 5.41) is 2.87. The van der Waals surface area contributed by atoms with Crippen molar-refractivity contribution >= 4 is 41.0 Å². The van der Waals surface area contributed by atoms with Crippen LogP contribution in [0.4, 0.5) is 14.9 Å². The molecule has 0 unspecified atom stereocenters. The number of nitrogens with zero attached hydrogens (tertiary/aromatic N) is 3. The summed E-state index contributed by atoms with van der Waals surface area (Å²) in [6.45, 7) is 3.00. The molecule has 4 rings (SSSR count). The largest absolute Gasteiger partial charge is 0.353 e. The summed E-state index contributed by atoms with van der Waals surface area (Å²) in [5.41, 5.74) is 0.230. The summed E-state index contributed by atoms with van der Waals surface area (Å²) >= 11 is 5.81. The molecule has 1 aromatic carbocycles. The van der Waals surface area contributed by atoms with Gasteiger partial charge in [0.15, 0.2) is 0 Å². The van der Waals surface area contributed by atoms with E-state index in [1.807, 2.05) is 0 Å². The smallest absolute Gasteiger partial charge is 0.332 e. The summed E-state index contributed by atoms with van der Waals surface area (Å²) in [5.74, 6) is -1.24. The maximum Gasteiger partial charge on any atom is 0.332 e. The van der Waals surface area contributed by atoms with Gasteiger partial charge in [-0.25, -0.2) is 14.1 Å². The fraction of sp³-hybridized carbons (Fsp3) is 0.524. The van der Waals surface area contributed by atoms with Crippen molar-refractivity contribution in [2.24, 2.45) is 5.92 Å². The number of rotatable bonds is 3. The van der Waals surface area contributed by atoms with E-state index in [2.05, 4.69) is 5.32 Å². The SMILES string of the molecule is CC(=O)N1CCC(C(=O)N[C@H]2CCN3C(=O)N(c4ccc(F)c(Cl)c4)C(=O)[C@@H]3C2)CC1. The third kappa shape index (κ3) is 4.11. The van der Waals surface area contributed by atoms with Crippen LogP contribution >= 0.6 is 11.6 Å². The van der Waals surface area contributed by atoms with Gasteiger partial charge in [-0.05, 0) is 43.9 Å². The minimum atomic E-state index is -0.671. The van der Waals surface area contributed by atoms with Gasteiger partial charge in [0.2, 0.25) is 11.8 Å². The number of fused-ring (bicyclic) bond motifs is 1. The zero-order valence-corrected chi connectivity index (χ0v) is 17.9. The maximum absolute atomic E-state index is 13.5. The number of imide groups is 1. The highest BCUT2D eigenvalue weighted by atomic mass is 35.5. The number of nitrogens with one attached hydrogen (secondary N) is 1. The van der Waals surface area contributed by atoms with E-state index in [9.17, 15) is 23.6 Å². The van der Waals surface area contributed by atoms with E-state index in [0.29, 0.717) is 45.3 Å². The summed E-state index contributed by atoms with van der Waals surface area (Å²) in [6, 6.07) is 2.39. The molecular formula is C21H24ClFN4O4. The van der Waals surface area contributed by atoms with E-state index < -0.39 is 23.8 Å². The molecule has 3 fully saturated rings. The molecule has 8 nitrogen and oxygen atoms in total. The normalized spacial score (nSPS) is 24.4. The predicted octanol–water partition coefficient (Wildman–Crippen LogP) is 2.15. The van der Waals surface area contributed by atoms with E-state index in [4.69, 9.17) is 11.6 Å². The molecule has 0 saturated carbocycles. The predicted molar refractivity (Wildman–Crippen MR) is 111 cm³/mol. The average Bonchev–Trinajstić information content (AvgIpc) is 3.00. The molecule has 3 aliphatic rings. The molecule has 0 radical (unpaired) electrons. The first kappa shape index (κ1) is 21.5. The standard InChI is InChI=1S/C21H24ClFN4O4/c1-12(28)25-7-4-13(5-8-25)19(29)24-14-6-9-26-18(10-14)20(30)27(21(26)31)15-2-3-17(23)16(22)11-15/h2-3,11,13-14,18H,4-10H2,1H3,(H,24,29)/t14-,18-/m0/s1. The molecule has 1 aromatic rings. The Kier molecular flexibility index (Phi) is 5.88. The molecule has 0 aromatic heterocycles. The van der Waals surface area contributed by atoms with Crippen molar-refractivity contribution in [3.63, 3.8) is 0 Å². The summed E-state index contributed by atoms with van der Waals surface area (Å²) in [6.07, 6.45) is 2.11. The first-order valence-electron chi connectivity index (χ1n) is 10.4. The number of halogens is 2. The summed E-state index contributed by atoms with van der Waals surface area (Å²) in [7, 11) is 0. The zero-order valence-electron chi connectivity index (χ0n) is 17.1. The first-order chi connectivity index (χ1) is 14.8. The number of benzene rings is 1. The van der Waals surface area contributed by atoms with Gasteiger partial charge in [-0.3, -0.25) is 14.4 Å². The van der Waals surface area contributed by atoms with Crippen molar-refractivity contribution in [3.05, 3.63) is 29.0 Å².